The molecule has 3 N–H and O–H groups in total. The van der Waals surface area contributed by atoms with E-state index < -0.39 is 117 Å². The third kappa shape index (κ3) is 19.4. The molecule has 2 aliphatic rings. The van der Waals surface area contributed by atoms with E-state index in [1.54, 1.807) is 20.8 Å². The summed E-state index contributed by atoms with van der Waals surface area (Å²) in [5.41, 5.74) is -1.80. The van der Waals surface area contributed by atoms with Gasteiger partial charge in [-0.25, -0.2) is 9.18 Å². The highest BCUT2D eigenvalue weighted by Crippen LogP contribution is 2.38. The summed E-state index contributed by atoms with van der Waals surface area (Å²) in [5.74, 6) is -2.16. The molecule has 4 heterocycles. The number of nitrogens with one attached hydrogen (secondary N) is 3. The Morgan fingerprint density at radius 3 is 2.00 bits per heavy atom. The third-order valence-corrected chi connectivity index (χ3v) is 10.3. The summed E-state index contributed by atoms with van der Waals surface area (Å²) in [4.78, 5) is 38.9. The molecule has 4 aromatic rings. The molecule has 0 aliphatic carbocycles. The molecular weight excluding hydrogens is 1050 g/mol. The lowest BCUT2D eigenvalue weighted by atomic mass is 9.98. The van der Waals surface area contributed by atoms with E-state index in [2.05, 4.69) is 41.1 Å². The van der Waals surface area contributed by atoms with Crippen LogP contribution in [0.4, 0.5) is 48.7 Å². The van der Waals surface area contributed by atoms with Crippen molar-refractivity contribution in [3.05, 3.63) is 64.6 Å². The summed E-state index contributed by atoms with van der Waals surface area (Å²) >= 11 is 5.70. The maximum absolute atomic E-state index is 13.9. The second-order valence-corrected chi connectivity index (χ2v) is 17.4. The van der Waals surface area contributed by atoms with Crippen molar-refractivity contribution in [1.82, 2.24) is 41.2 Å². The average Bonchev–Trinajstić information content (AvgIpc) is 3.99. The number of alkyl halides is 9. The quantitative estimate of drug-likeness (QED) is 0.0636. The fourth-order valence-electron chi connectivity index (χ4n) is 6.85. The van der Waals surface area contributed by atoms with Gasteiger partial charge in [0.05, 0.1) is 31.7 Å². The second kappa shape index (κ2) is 25.6. The van der Waals surface area contributed by atoms with Gasteiger partial charge in [0, 0.05) is 36.3 Å². The van der Waals surface area contributed by atoms with Gasteiger partial charge >= 0.3 is 37.0 Å². The highest BCUT2D eigenvalue weighted by molar-refractivity contribution is 6.30. The first-order chi connectivity index (χ1) is 34.6. The van der Waals surface area contributed by atoms with Crippen LogP contribution in [0, 0.1) is 5.82 Å². The Bertz CT molecular complexity index is 2470. The second-order valence-electron chi connectivity index (χ2n) is 17.0. The van der Waals surface area contributed by atoms with Crippen molar-refractivity contribution in [3.8, 4) is 29.4 Å². The SMILES string of the molecule is CC(C)(C)OC(=O)N1C[C@@H](NC(=O)COc2ccc(Cl)cc2F)CC[C@@H]1c1nnc(OCCC(F)(F)F)o1.COc1cc(OCC(=O)N[C@H]2CC[C@H](c3nnc(OCCOC(F)(F)F)o3)NC2)ccc1C(F)(F)F. The van der Waals surface area contributed by atoms with Gasteiger partial charge in [0.15, 0.2) is 24.8 Å². The molecule has 6 rings (SSSR count). The zero-order valence-electron chi connectivity index (χ0n) is 39.6. The molecule has 0 radical (unpaired) electrons. The van der Waals surface area contributed by atoms with Crippen molar-refractivity contribution in [1.29, 1.82) is 0 Å². The molecule has 2 aromatic carbocycles. The van der Waals surface area contributed by atoms with Gasteiger partial charge in [0.1, 0.15) is 36.4 Å². The van der Waals surface area contributed by atoms with Gasteiger partial charge < -0.3 is 53.2 Å². The number of piperidine rings is 2. The fraction of sp³-hybridized carbons (Fsp3) is 0.558. The number of likely N-dealkylation sites (tertiary alicyclic amines) is 1. The number of carbonyl (C=O) groups is 3. The minimum absolute atomic E-state index is 0.00668. The topological polar surface area (TPSA) is 233 Å². The van der Waals surface area contributed by atoms with Gasteiger partial charge in [0.2, 0.25) is 11.8 Å². The molecular formula is C43H49ClF10N8O12. The number of nitrogens with zero attached hydrogens (tertiary/aromatic N) is 5. The van der Waals surface area contributed by atoms with Crippen LogP contribution in [-0.2, 0) is 25.2 Å². The number of rotatable bonds is 18. The van der Waals surface area contributed by atoms with Crippen LogP contribution in [0.1, 0.15) is 82.3 Å². The van der Waals surface area contributed by atoms with Crippen LogP contribution in [-0.4, -0.2) is 127 Å². The molecule has 2 aliphatic heterocycles. The first kappa shape index (κ1) is 58.3. The Balaban J connectivity index is 0.000000274. The molecule has 0 bridgehead atoms. The van der Waals surface area contributed by atoms with E-state index in [9.17, 15) is 58.3 Å². The number of hydrogen-bond acceptors (Lipinski definition) is 17. The number of methoxy groups -OCH3 is 1. The summed E-state index contributed by atoms with van der Waals surface area (Å²) in [6, 6.07) is 4.81. The molecule has 2 fully saturated rings. The minimum atomic E-state index is -4.76. The summed E-state index contributed by atoms with van der Waals surface area (Å²) in [6.07, 6.45) is -14.8. The standard InChI is InChI=1S/C23H27ClF4N4O6.C20H22F6N4O6/c1-22(2,3)38-21(34)32-11-14(29-18(33)12-36-17-7-4-13(24)10-15(17)25)5-6-16(32)19-30-31-20(37-19)35-9-8-23(26,27)28;1-32-15-8-12(3-4-13(15)19(21,22)23)34-10-16(31)28-11-2-5-14(27-9-11)17-29-30-18(36-17)33-6-7-35-20(24,25)26/h4,7,10,14,16H,5-6,8-9,11-12H2,1-3H3,(H,29,33);3-4,8,11,14,27H,2,5-7,9-10H2,1H3,(H,28,31)/t14-,16+;11-,14+/m00/s1. The van der Waals surface area contributed by atoms with Crippen molar-refractivity contribution >= 4 is 29.5 Å². The first-order valence-electron chi connectivity index (χ1n) is 22.1. The van der Waals surface area contributed by atoms with Crippen molar-refractivity contribution < 1.29 is 100 Å². The third-order valence-electron chi connectivity index (χ3n) is 10.1. The zero-order valence-corrected chi connectivity index (χ0v) is 40.3. The van der Waals surface area contributed by atoms with Crippen LogP contribution in [0.25, 0.3) is 0 Å². The van der Waals surface area contributed by atoms with Crippen LogP contribution in [0.5, 0.6) is 29.4 Å². The molecule has 2 saturated heterocycles. The molecule has 2 aromatic heterocycles. The predicted molar refractivity (Wildman–Crippen MR) is 231 cm³/mol. The van der Waals surface area contributed by atoms with E-state index in [4.69, 9.17) is 48.9 Å². The maximum Gasteiger partial charge on any atom is 0.522 e. The van der Waals surface area contributed by atoms with E-state index in [0.29, 0.717) is 25.8 Å². The molecule has 0 spiro atoms. The molecule has 4 atom stereocenters. The van der Waals surface area contributed by atoms with E-state index in [0.717, 1.165) is 31.4 Å². The lowest BCUT2D eigenvalue weighted by molar-refractivity contribution is -0.325. The van der Waals surface area contributed by atoms with Gasteiger partial charge in [-0.1, -0.05) is 21.8 Å². The summed E-state index contributed by atoms with van der Waals surface area (Å²) in [6.45, 7) is 2.58. The Kier molecular flexibility index (Phi) is 20.2. The fourth-order valence-corrected chi connectivity index (χ4v) is 7.01. The molecule has 0 saturated carbocycles. The molecule has 3 amide bonds. The van der Waals surface area contributed by atoms with Gasteiger partial charge in [-0.15, -0.1) is 23.4 Å². The lowest BCUT2D eigenvalue weighted by Crippen LogP contribution is -2.52. The number of benzene rings is 2. The molecule has 31 heteroatoms. The number of hydrogen-bond donors (Lipinski definition) is 3. The highest BCUT2D eigenvalue weighted by atomic mass is 35.5. The van der Waals surface area contributed by atoms with Gasteiger partial charge in [-0.05, 0) is 76.8 Å². The van der Waals surface area contributed by atoms with E-state index in [1.165, 1.54) is 17.0 Å². The van der Waals surface area contributed by atoms with Crippen LogP contribution >= 0.6 is 11.6 Å². The molecule has 74 heavy (non-hydrogen) atoms. The van der Waals surface area contributed by atoms with Crippen LogP contribution in [0.2, 0.25) is 5.02 Å². The van der Waals surface area contributed by atoms with E-state index in [1.807, 2.05) is 0 Å². The number of amides is 3. The largest absolute Gasteiger partial charge is 0.522 e. The van der Waals surface area contributed by atoms with Crippen molar-refractivity contribution in [2.24, 2.45) is 0 Å². The van der Waals surface area contributed by atoms with Crippen molar-refractivity contribution in [3.63, 3.8) is 0 Å². The molecule has 410 valence electrons. The number of halogens is 11. The molecule has 0 unspecified atom stereocenters. The lowest BCUT2D eigenvalue weighted by Gasteiger charge is -2.38. The van der Waals surface area contributed by atoms with Gasteiger partial charge in [0.25, 0.3) is 11.8 Å². The number of ether oxygens (including phenoxy) is 7. The Labute approximate surface area is 419 Å². The van der Waals surface area contributed by atoms with E-state index in [-0.39, 0.29) is 59.4 Å². The summed E-state index contributed by atoms with van der Waals surface area (Å²) < 4.78 is 170. The number of carbonyl (C=O) groups excluding carboxylic acids is 3. The van der Waals surface area contributed by atoms with Crippen LogP contribution in [0.3, 0.4) is 0 Å². The highest BCUT2D eigenvalue weighted by Gasteiger charge is 2.40. The zero-order chi connectivity index (χ0) is 54.4. The van der Waals surface area contributed by atoms with Crippen LogP contribution < -0.4 is 39.6 Å². The Morgan fingerprint density at radius 2 is 1.39 bits per heavy atom. The maximum atomic E-state index is 13.9. The summed E-state index contributed by atoms with van der Waals surface area (Å²) in [5, 5.41) is 23.6. The Hall–Kier alpha value is -6.56. The van der Waals surface area contributed by atoms with E-state index >= 15 is 0 Å². The van der Waals surface area contributed by atoms with Crippen molar-refractivity contribution in [2.75, 3.05) is 53.2 Å². The Morgan fingerprint density at radius 1 is 0.757 bits per heavy atom. The molecule has 20 nitrogen and oxygen atoms in total. The summed E-state index contributed by atoms with van der Waals surface area (Å²) in [7, 11) is 1.10. The van der Waals surface area contributed by atoms with Crippen LogP contribution in [0.15, 0.2) is 45.2 Å². The van der Waals surface area contributed by atoms with Gasteiger partial charge in [-0.2, -0.15) is 26.3 Å². The van der Waals surface area contributed by atoms with Gasteiger partial charge in [-0.3, -0.25) is 19.2 Å². The average molecular weight is 1100 g/mol. The van der Waals surface area contributed by atoms with Crippen molar-refractivity contribution in [2.45, 2.75) is 101 Å². The normalized spacial score (nSPS) is 18.3. The number of aromatic nitrogens is 4. The smallest absolute Gasteiger partial charge is 0.496 e. The first-order valence-corrected chi connectivity index (χ1v) is 22.5. The predicted octanol–water partition coefficient (Wildman–Crippen LogP) is 7.83. The monoisotopic (exact) mass is 1090 g/mol. The minimum Gasteiger partial charge on any atom is -0.496 e.